The molecule has 0 bridgehead atoms. The van der Waals surface area contributed by atoms with Gasteiger partial charge in [0.2, 0.25) is 0 Å². The van der Waals surface area contributed by atoms with Gasteiger partial charge in [0.15, 0.2) is 19.2 Å². The standard InChI is InChI=1S/C36H39FN2O8/c1-23-20-39(34(42)38-31(23)40)32-29(37)30(44-22-45-33(41)35(2,3)4)28(47-32)21-46-36(24-12-8-6-9-13-24,25-14-10-7-11-15-25)26-16-18-27(43-5)19-17-26/h6-20,28-30,32H,21-22H2,1-5H3,(H,38,40,42)/t28-,29+,30-,32-/m1/s1. The zero-order chi connectivity index (χ0) is 33.8. The number of nitrogens with one attached hydrogen (secondary N) is 1. The number of ether oxygens (including phenoxy) is 5. The lowest BCUT2D eigenvalue weighted by Gasteiger charge is -2.37. The fourth-order valence-corrected chi connectivity index (χ4v) is 5.54. The number of carbonyl (C=O) groups is 1. The lowest BCUT2D eigenvalue weighted by molar-refractivity contribution is -0.177. The number of carbonyl (C=O) groups excluding carboxylic acids is 1. The van der Waals surface area contributed by atoms with Crippen molar-refractivity contribution in [2.75, 3.05) is 20.5 Å². The number of hydrogen-bond acceptors (Lipinski definition) is 8. The summed E-state index contributed by atoms with van der Waals surface area (Å²) in [6, 6.07) is 26.6. The molecule has 248 valence electrons. The van der Waals surface area contributed by atoms with E-state index in [0.717, 1.165) is 21.3 Å². The van der Waals surface area contributed by atoms with Crippen molar-refractivity contribution < 1.29 is 32.9 Å². The highest BCUT2D eigenvalue weighted by molar-refractivity contribution is 5.75. The van der Waals surface area contributed by atoms with E-state index in [0.29, 0.717) is 5.75 Å². The van der Waals surface area contributed by atoms with E-state index in [1.807, 2.05) is 84.9 Å². The summed E-state index contributed by atoms with van der Waals surface area (Å²) < 4.78 is 46.9. The second kappa shape index (κ2) is 14.0. The van der Waals surface area contributed by atoms with Crippen LogP contribution in [-0.2, 0) is 29.3 Å². The number of H-pyrrole nitrogens is 1. The Morgan fingerprint density at radius 1 is 0.915 bits per heavy atom. The largest absolute Gasteiger partial charge is 0.497 e. The van der Waals surface area contributed by atoms with Gasteiger partial charge in [-0.25, -0.2) is 9.18 Å². The summed E-state index contributed by atoms with van der Waals surface area (Å²) in [7, 11) is 1.59. The number of nitrogens with zero attached hydrogens (tertiary/aromatic N) is 1. The van der Waals surface area contributed by atoms with Crippen molar-refractivity contribution in [3.05, 3.63) is 134 Å². The van der Waals surface area contributed by atoms with Crippen LogP contribution in [0.15, 0.2) is 101 Å². The summed E-state index contributed by atoms with van der Waals surface area (Å²) in [5, 5.41) is 0. The van der Waals surface area contributed by atoms with E-state index in [4.69, 9.17) is 23.7 Å². The molecule has 4 atom stereocenters. The summed E-state index contributed by atoms with van der Waals surface area (Å²) in [4.78, 5) is 39.5. The van der Waals surface area contributed by atoms with Crippen LogP contribution >= 0.6 is 0 Å². The molecule has 3 aromatic carbocycles. The van der Waals surface area contributed by atoms with E-state index in [-0.39, 0.29) is 12.2 Å². The molecule has 0 saturated carbocycles. The highest BCUT2D eigenvalue weighted by Crippen LogP contribution is 2.42. The number of alkyl halides is 1. The van der Waals surface area contributed by atoms with Crippen molar-refractivity contribution in [1.82, 2.24) is 9.55 Å². The van der Waals surface area contributed by atoms with Crippen molar-refractivity contribution in [2.24, 2.45) is 5.41 Å². The van der Waals surface area contributed by atoms with E-state index in [1.54, 1.807) is 27.9 Å². The maximum absolute atomic E-state index is 16.3. The van der Waals surface area contributed by atoms with Crippen molar-refractivity contribution in [3.8, 4) is 5.75 Å². The Balaban J connectivity index is 1.55. The van der Waals surface area contributed by atoms with Crippen LogP contribution in [0.25, 0.3) is 0 Å². The molecule has 0 radical (unpaired) electrons. The van der Waals surface area contributed by atoms with Crippen molar-refractivity contribution >= 4 is 5.97 Å². The molecular formula is C36H39FN2O8. The maximum atomic E-state index is 16.3. The normalized spacial score (nSPS) is 19.8. The Morgan fingerprint density at radius 2 is 1.49 bits per heavy atom. The first-order valence-electron chi connectivity index (χ1n) is 15.3. The van der Waals surface area contributed by atoms with Gasteiger partial charge in [-0.2, -0.15) is 0 Å². The molecule has 5 rings (SSSR count). The number of methoxy groups -OCH3 is 1. The number of rotatable bonds is 11. The molecule has 0 spiro atoms. The predicted molar refractivity (Wildman–Crippen MR) is 172 cm³/mol. The van der Waals surface area contributed by atoms with Crippen LogP contribution in [0.3, 0.4) is 0 Å². The first kappa shape index (κ1) is 33.8. The molecule has 1 aromatic heterocycles. The lowest BCUT2D eigenvalue weighted by atomic mass is 9.80. The summed E-state index contributed by atoms with van der Waals surface area (Å²) in [6.45, 7) is 5.82. The average molecular weight is 647 g/mol. The number of benzene rings is 3. The zero-order valence-electron chi connectivity index (χ0n) is 27.0. The Labute approximate surface area is 272 Å². The van der Waals surface area contributed by atoms with Gasteiger partial charge in [0, 0.05) is 11.8 Å². The summed E-state index contributed by atoms with van der Waals surface area (Å²) in [5.41, 5.74) is -0.866. The maximum Gasteiger partial charge on any atom is 0.330 e. The van der Waals surface area contributed by atoms with Crippen molar-refractivity contribution in [2.45, 2.75) is 57.9 Å². The van der Waals surface area contributed by atoms with E-state index >= 15 is 4.39 Å². The number of aromatic amines is 1. The number of aromatic nitrogens is 2. The molecule has 4 aromatic rings. The first-order chi connectivity index (χ1) is 22.5. The topological polar surface area (TPSA) is 118 Å². The SMILES string of the molecule is COc1ccc(C(OC[C@H]2O[C@@H](n3cc(C)c(=O)[nH]c3=O)[C@@H](F)[C@@H]2OCOC(=O)C(C)(C)C)(c2ccccc2)c2ccccc2)cc1. The molecule has 11 heteroatoms. The monoisotopic (exact) mass is 646 g/mol. The third-order valence-corrected chi connectivity index (χ3v) is 8.07. The zero-order valence-corrected chi connectivity index (χ0v) is 27.0. The molecule has 10 nitrogen and oxygen atoms in total. The van der Waals surface area contributed by atoms with Gasteiger partial charge in [-0.3, -0.25) is 19.1 Å². The fraction of sp³-hybridized carbons (Fsp3) is 0.361. The van der Waals surface area contributed by atoms with E-state index in [1.165, 1.54) is 13.1 Å². The van der Waals surface area contributed by atoms with Crippen LogP contribution in [0.4, 0.5) is 4.39 Å². The Kier molecular flexibility index (Phi) is 10.1. The minimum atomic E-state index is -1.90. The van der Waals surface area contributed by atoms with Gasteiger partial charge in [0.1, 0.15) is 23.6 Å². The molecule has 2 heterocycles. The number of hydrogen-bond donors (Lipinski definition) is 1. The van der Waals surface area contributed by atoms with Gasteiger partial charge in [0.25, 0.3) is 5.56 Å². The minimum Gasteiger partial charge on any atom is -0.497 e. The van der Waals surface area contributed by atoms with Gasteiger partial charge < -0.3 is 23.7 Å². The summed E-state index contributed by atoms with van der Waals surface area (Å²) in [5.74, 6) is 0.126. The van der Waals surface area contributed by atoms with Gasteiger partial charge >= 0.3 is 11.7 Å². The summed E-state index contributed by atoms with van der Waals surface area (Å²) in [6.07, 6.45) is -4.50. The molecule has 1 fully saturated rings. The van der Waals surface area contributed by atoms with Crippen LogP contribution in [-0.4, -0.2) is 54.4 Å². The molecule has 1 aliphatic rings. The van der Waals surface area contributed by atoms with Gasteiger partial charge in [0.05, 0.1) is 19.1 Å². The Bertz CT molecular complexity index is 1730. The molecule has 1 saturated heterocycles. The molecule has 1 N–H and O–H groups in total. The average Bonchev–Trinajstić information content (AvgIpc) is 3.38. The van der Waals surface area contributed by atoms with Crippen LogP contribution < -0.4 is 16.0 Å². The van der Waals surface area contributed by atoms with Crippen LogP contribution in [0.5, 0.6) is 5.75 Å². The van der Waals surface area contributed by atoms with Crippen molar-refractivity contribution in [3.63, 3.8) is 0 Å². The first-order valence-corrected chi connectivity index (χ1v) is 15.3. The summed E-state index contributed by atoms with van der Waals surface area (Å²) >= 11 is 0. The Morgan fingerprint density at radius 3 is 2.04 bits per heavy atom. The van der Waals surface area contributed by atoms with Crippen molar-refractivity contribution in [1.29, 1.82) is 0 Å². The lowest BCUT2D eigenvalue weighted by Crippen LogP contribution is -2.41. The van der Waals surface area contributed by atoms with Crippen LogP contribution in [0.1, 0.15) is 49.3 Å². The molecule has 0 aliphatic carbocycles. The smallest absolute Gasteiger partial charge is 0.330 e. The van der Waals surface area contributed by atoms with Gasteiger partial charge in [-0.05, 0) is 56.5 Å². The van der Waals surface area contributed by atoms with Gasteiger partial charge in [-0.1, -0.05) is 72.8 Å². The second-order valence-corrected chi connectivity index (χ2v) is 12.4. The molecule has 1 aliphatic heterocycles. The fourth-order valence-electron chi connectivity index (χ4n) is 5.54. The molecular weight excluding hydrogens is 607 g/mol. The third kappa shape index (κ3) is 7.07. The third-order valence-electron chi connectivity index (χ3n) is 8.07. The second-order valence-electron chi connectivity index (χ2n) is 12.4. The number of aryl methyl sites for hydroxylation is 1. The van der Waals surface area contributed by atoms with E-state index < -0.39 is 59.6 Å². The quantitative estimate of drug-likeness (QED) is 0.137. The van der Waals surface area contributed by atoms with Crippen LogP contribution in [0, 0.1) is 12.3 Å². The number of esters is 1. The Hall–Kier alpha value is -4.58. The van der Waals surface area contributed by atoms with E-state index in [2.05, 4.69) is 4.98 Å². The predicted octanol–water partition coefficient (Wildman–Crippen LogP) is 5.03. The van der Waals surface area contributed by atoms with E-state index in [9.17, 15) is 14.4 Å². The number of halogens is 1. The highest BCUT2D eigenvalue weighted by Gasteiger charge is 2.49. The molecule has 0 unspecified atom stereocenters. The molecule has 47 heavy (non-hydrogen) atoms. The van der Waals surface area contributed by atoms with Gasteiger partial charge in [-0.15, -0.1) is 0 Å². The highest BCUT2D eigenvalue weighted by atomic mass is 19.1. The molecule has 0 amide bonds. The minimum absolute atomic E-state index is 0.198. The van der Waals surface area contributed by atoms with Crippen LogP contribution in [0.2, 0.25) is 0 Å².